The Hall–Kier alpha value is -3.17. The molecule has 0 spiro atoms. The number of halogens is 1. The van der Waals surface area contributed by atoms with Crippen molar-refractivity contribution in [1.29, 1.82) is 0 Å². The highest BCUT2D eigenvalue weighted by atomic mass is 32.1. The maximum atomic E-state index is 14.1. The summed E-state index contributed by atoms with van der Waals surface area (Å²) in [5.41, 5.74) is 2.58. The topological polar surface area (TPSA) is 63.3 Å². The summed E-state index contributed by atoms with van der Waals surface area (Å²) in [5, 5.41) is 3.68. The summed E-state index contributed by atoms with van der Waals surface area (Å²) in [6, 6.07) is 11.2. The van der Waals surface area contributed by atoms with Gasteiger partial charge in [0.2, 0.25) is 0 Å². The minimum absolute atomic E-state index is 0.123. The molecule has 0 unspecified atom stereocenters. The van der Waals surface area contributed by atoms with Crippen molar-refractivity contribution in [2.24, 2.45) is 0 Å². The van der Waals surface area contributed by atoms with Gasteiger partial charge in [-0.3, -0.25) is 9.69 Å². The molecule has 0 aromatic heterocycles. The van der Waals surface area contributed by atoms with Gasteiger partial charge in [0.1, 0.15) is 19.0 Å². The van der Waals surface area contributed by atoms with Crippen LogP contribution in [0.3, 0.4) is 0 Å². The number of carbonyl (C=O) groups is 1. The molecular formula is C24H24FN3O4S. The number of allylic oxidation sites excluding steroid dienone is 1. The Labute approximate surface area is 196 Å². The molecular weight excluding hydrogens is 445 g/mol. The van der Waals surface area contributed by atoms with Crippen molar-refractivity contribution in [3.63, 3.8) is 0 Å². The number of fused-ring (bicyclic) bond motifs is 1. The highest BCUT2D eigenvalue weighted by Crippen LogP contribution is 2.39. The number of rotatable bonds is 3. The molecule has 5 rings (SSSR count). The summed E-state index contributed by atoms with van der Waals surface area (Å²) in [6.07, 6.45) is 0. The van der Waals surface area contributed by atoms with Crippen LogP contribution in [-0.2, 0) is 9.53 Å². The number of ether oxygens (including phenoxy) is 3. The lowest BCUT2D eigenvalue weighted by Crippen LogP contribution is -2.51. The highest BCUT2D eigenvalue weighted by molar-refractivity contribution is 7.80. The second kappa shape index (κ2) is 8.99. The Bertz CT molecular complexity index is 1130. The highest BCUT2D eigenvalue weighted by Gasteiger charge is 2.37. The standard InChI is InChI=1S/C24H24FN3O4S/c1-15-21(23(29)27-7-9-30-10-8-27)22(16-3-2-4-17(25)13-16)26-24(33)28(15)18-5-6-19-20(14-18)32-12-11-31-19/h2-6,13-14,22H,7-12H2,1H3,(H,26,33)/t22-/m0/s1. The van der Waals surface area contributed by atoms with Gasteiger partial charge in [0.15, 0.2) is 16.6 Å². The molecule has 2 aromatic rings. The summed E-state index contributed by atoms with van der Waals surface area (Å²) in [6.45, 7) is 4.81. The summed E-state index contributed by atoms with van der Waals surface area (Å²) < 4.78 is 30.9. The quantitative estimate of drug-likeness (QED) is 0.693. The van der Waals surface area contributed by atoms with Crippen LogP contribution in [0.25, 0.3) is 0 Å². The van der Waals surface area contributed by atoms with Crippen LogP contribution in [0, 0.1) is 5.82 Å². The summed E-state index contributed by atoms with van der Waals surface area (Å²) >= 11 is 5.72. The third-order valence-corrected chi connectivity index (χ3v) is 6.28. The van der Waals surface area contributed by atoms with E-state index < -0.39 is 6.04 Å². The van der Waals surface area contributed by atoms with Crippen molar-refractivity contribution in [2.45, 2.75) is 13.0 Å². The molecule has 1 N–H and O–H groups in total. The Kier molecular flexibility index (Phi) is 5.90. The normalized spacial score (nSPS) is 20.5. The van der Waals surface area contributed by atoms with Crippen LogP contribution in [0.15, 0.2) is 53.7 Å². The molecule has 3 aliphatic rings. The van der Waals surface area contributed by atoms with Crippen LogP contribution < -0.4 is 19.7 Å². The van der Waals surface area contributed by atoms with Gasteiger partial charge in [0.05, 0.1) is 30.5 Å². The molecule has 0 aliphatic carbocycles. The first-order valence-corrected chi connectivity index (χ1v) is 11.3. The number of carbonyl (C=O) groups excluding carboxylic acids is 1. The summed E-state index contributed by atoms with van der Waals surface area (Å²) in [7, 11) is 0. The van der Waals surface area contributed by atoms with Gasteiger partial charge in [-0.05, 0) is 49.0 Å². The predicted molar refractivity (Wildman–Crippen MR) is 125 cm³/mol. The van der Waals surface area contributed by atoms with E-state index >= 15 is 0 Å². The Morgan fingerprint density at radius 1 is 1.06 bits per heavy atom. The molecule has 172 valence electrons. The lowest BCUT2D eigenvalue weighted by atomic mass is 9.93. The first-order valence-electron chi connectivity index (χ1n) is 10.9. The Morgan fingerprint density at radius 2 is 1.82 bits per heavy atom. The van der Waals surface area contributed by atoms with E-state index in [1.54, 1.807) is 17.0 Å². The second-order valence-corrected chi connectivity index (χ2v) is 8.39. The molecule has 9 heteroatoms. The lowest BCUT2D eigenvalue weighted by Gasteiger charge is -2.40. The maximum Gasteiger partial charge on any atom is 0.254 e. The average molecular weight is 470 g/mol. The predicted octanol–water partition coefficient (Wildman–Crippen LogP) is 3.17. The van der Waals surface area contributed by atoms with Gasteiger partial charge in [-0.1, -0.05) is 12.1 Å². The monoisotopic (exact) mass is 469 g/mol. The number of nitrogens with zero attached hydrogens (tertiary/aromatic N) is 2. The van der Waals surface area contributed by atoms with Crippen LogP contribution in [0.5, 0.6) is 11.5 Å². The minimum Gasteiger partial charge on any atom is -0.486 e. The van der Waals surface area contributed by atoms with Gasteiger partial charge < -0.3 is 24.4 Å². The van der Waals surface area contributed by atoms with Crippen LogP contribution in [-0.4, -0.2) is 55.4 Å². The van der Waals surface area contributed by atoms with Crippen LogP contribution >= 0.6 is 12.2 Å². The molecule has 1 saturated heterocycles. The van der Waals surface area contributed by atoms with Crippen molar-refractivity contribution < 1.29 is 23.4 Å². The number of amides is 1. The molecule has 0 radical (unpaired) electrons. The molecule has 0 bridgehead atoms. The van der Waals surface area contributed by atoms with E-state index in [4.69, 9.17) is 26.4 Å². The molecule has 3 heterocycles. The van der Waals surface area contributed by atoms with E-state index in [1.165, 1.54) is 12.1 Å². The minimum atomic E-state index is -0.572. The maximum absolute atomic E-state index is 14.1. The second-order valence-electron chi connectivity index (χ2n) is 8.00. The third-order valence-electron chi connectivity index (χ3n) is 5.98. The lowest BCUT2D eigenvalue weighted by molar-refractivity contribution is -0.131. The van der Waals surface area contributed by atoms with Crippen molar-refractivity contribution in [1.82, 2.24) is 10.2 Å². The zero-order chi connectivity index (χ0) is 22.9. The van der Waals surface area contributed by atoms with E-state index in [0.717, 1.165) is 5.69 Å². The summed E-state index contributed by atoms with van der Waals surface area (Å²) in [5.74, 6) is 0.806. The fraction of sp³-hybridized carbons (Fsp3) is 0.333. The van der Waals surface area contributed by atoms with Crippen LogP contribution in [0.4, 0.5) is 10.1 Å². The number of benzene rings is 2. The van der Waals surface area contributed by atoms with Gasteiger partial charge >= 0.3 is 0 Å². The molecule has 33 heavy (non-hydrogen) atoms. The van der Waals surface area contributed by atoms with Crippen molar-refractivity contribution in [3.8, 4) is 11.5 Å². The van der Waals surface area contributed by atoms with E-state index in [0.29, 0.717) is 73.0 Å². The number of hydrogen-bond acceptors (Lipinski definition) is 5. The van der Waals surface area contributed by atoms with Gasteiger partial charge in [-0.25, -0.2) is 4.39 Å². The Morgan fingerprint density at radius 3 is 2.58 bits per heavy atom. The SMILES string of the molecule is CC1=C(C(=O)N2CCOCC2)[C@H](c2cccc(F)c2)NC(=S)N1c1ccc2c(c1)OCCO2. The number of hydrogen-bond donors (Lipinski definition) is 1. The average Bonchev–Trinajstić information content (AvgIpc) is 2.84. The van der Waals surface area contributed by atoms with Crippen molar-refractivity contribution in [2.75, 3.05) is 44.4 Å². The molecule has 0 saturated carbocycles. The van der Waals surface area contributed by atoms with E-state index in [-0.39, 0.29) is 11.7 Å². The first-order chi connectivity index (χ1) is 16.0. The van der Waals surface area contributed by atoms with Gasteiger partial charge in [-0.15, -0.1) is 0 Å². The zero-order valence-electron chi connectivity index (χ0n) is 18.2. The molecule has 2 aromatic carbocycles. The number of thiocarbonyl (C=S) groups is 1. The van der Waals surface area contributed by atoms with Crippen molar-refractivity contribution in [3.05, 3.63) is 65.1 Å². The molecule has 1 atom stereocenters. The fourth-order valence-electron chi connectivity index (χ4n) is 4.38. The van der Waals surface area contributed by atoms with Gasteiger partial charge in [0.25, 0.3) is 5.91 Å². The smallest absolute Gasteiger partial charge is 0.254 e. The van der Waals surface area contributed by atoms with E-state index in [2.05, 4.69) is 5.32 Å². The third kappa shape index (κ3) is 4.14. The zero-order valence-corrected chi connectivity index (χ0v) is 19.0. The fourth-order valence-corrected chi connectivity index (χ4v) is 4.74. The Balaban J connectivity index is 1.60. The van der Waals surface area contributed by atoms with Gasteiger partial charge in [-0.2, -0.15) is 0 Å². The molecule has 7 nitrogen and oxygen atoms in total. The van der Waals surface area contributed by atoms with Gasteiger partial charge in [0, 0.05) is 24.9 Å². The largest absolute Gasteiger partial charge is 0.486 e. The van der Waals surface area contributed by atoms with Crippen LogP contribution in [0.1, 0.15) is 18.5 Å². The molecule has 3 aliphatic heterocycles. The number of anilines is 1. The van der Waals surface area contributed by atoms with Crippen LogP contribution in [0.2, 0.25) is 0 Å². The van der Waals surface area contributed by atoms with E-state index in [1.807, 2.05) is 30.0 Å². The summed E-state index contributed by atoms with van der Waals surface area (Å²) in [4.78, 5) is 17.3. The number of nitrogens with one attached hydrogen (secondary N) is 1. The molecule has 1 fully saturated rings. The first kappa shape index (κ1) is 21.7. The van der Waals surface area contributed by atoms with Crippen molar-refractivity contribution >= 4 is 28.9 Å². The number of morpholine rings is 1. The molecule has 1 amide bonds. The van der Waals surface area contributed by atoms with E-state index in [9.17, 15) is 9.18 Å².